The summed E-state index contributed by atoms with van der Waals surface area (Å²) in [5.41, 5.74) is 0. The lowest BCUT2D eigenvalue weighted by atomic mass is 10.1. The molecule has 98 valence electrons. The number of hydrogen-bond donors (Lipinski definition) is 1. The molecule has 0 saturated heterocycles. The normalized spacial score (nSPS) is 9.76. The minimum absolute atomic E-state index is 0.0286. The molecule has 0 spiro atoms. The van der Waals surface area contributed by atoms with Crippen molar-refractivity contribution in [1.29, 1.82) is 0 Å². The standard InChI is InChI=1S/C12H21NO4/c1-10(14)13-9-5-3-4-6-11(15)7-8-12(16)17-2/h3-9H2,1-2H3,(H,13,14). The summed E-state index contributed by atoms with van der Waals surface area (Å²) in [4.78, 5) is 32.7. The topological polar surface area (TPSA) is 72.5 Å². The van der Waals surface area contributed by atoms with Gasteiger partial charge >= 0.3 is 5.97 Å². The number of unbranched alkanes of at least 4 members (excludes halogenated alkanes) is 2. The molecule has 0 aliphatic rings. The van der Waals surface area contributed by atoms with Crippen LogP contribution in [0.4, 0.5) is 0 Å². The number of Topliss-reactive ketones (excluding diaryl/α,β-unsaturated/α-hetero) is 1. The average molecular weight is 243 g/mol. The molecular weight excluding hydrogens is 222 g/mol. The fourth-order valence-electron chi connectivity index (χ4n) is 1.36. The van der Waals surface area contributed by atoms with E-state index in [1.165, 1.54) is 14.0 Å². The highest BCUT2D eigenvalue weighted by Crippen LogP contribution is 2.04. The van der Waals surface area contributed by atoms with E-state index in [2.05, 4.69) is 10.1 Å². The number of ketones is 1. The first kappa shape index (κ1) is 15.6. The third kappa shape index (κ3) is 10.9. The van der Waals surface area contributed by atoms with Gasteiger partial charge in [-0.3, -0.25) is 14.4 Å². The maximum atomic E-state index is 11.3. The van der Waals surface area contributed by atoms with E-state index >= 15 is 0 Å². The molecule has 0 aromatic heterocycles. The van der Waals surface area contributed by atoms with Gasteiger partial charge in [-0.15, -0.1) is 0 Å². The van der Waals surface area contributed by atoms with Crippen molar-refractivity contribution in [2.45, 2.75) is 45.4 Å². The van der Waals surface area contributed by atoms with Crippen molar-refractivity contribution < 1.29 is 19.1 Å². The fourth-order valence-corrected chi connectivity index (χ4v) is 1.36. The SMILES string of the molecule is COC(=O)CCC(=O)CCCCCNC(C)=O. The van der Waals surface area contributed by atoms with Gasteiger partial charge in [0.05, 0.1) is 13.5 Å². The number of carbonyl (C=O) groups excluding carboxylic acids is 3. The molecule has 0 rings (SSSR count). The Morgan fingerprint density at radius 1 is 1.00 bits per heavy atom. The fraction of sp³-hybridized carbons (Fsp3) is 0.750. The smallest absolute Gasteiger partial charge is 0.305 e. The lowest BCUT2D eigenvalue weighted by Gasteiger charge is -2.02. The van der Waals surface area contributed by atoms with Crippen molar-refractivity contribution in [2.24, 2.45) is 0 Å². The van der Waals surface area contributed by atoms with Crippen LogP contribution in [0.1, 0.15) is 45.4 Å². The summed E-state index contributed by atoms with van der Waals surface area (Å²) in [5.74, 6) is -0.280. The highest BCUT2D eigenvalue weighted by atomic mass is 16.5. The number of rotatable bonds is 9. The van der Waals surface area contributed by atoms with Gasteiger partial charge in [0.1, 0.15) is 5.78 Å². The summed E-state index contributed by atoms with van der Waals surface area (Å²) in [7, 11) is 1.31. The summed E-state index contributed by atoms with van der Waals surface area (Å²) in [6.07, 6.45) is 3.52. The number of hydrogen-bond acceptors (Lipinski definition) is 4. The van der Waals surface area contributed by atoms with Crippen molar-refractivity contribution >= 4 is 17.7 Å². The lowest BCUT2D eigenvalue weighted by molar-refractivity contribution is -0.141. The van der Waals surface area contributed by atoms with Crippen molar-refractivity contribution in [1.82, 2.24) is 5.32 Å². The zero-order valence-electron chi connectivity index (χ0n) is 10.6. The first-order valence-electron chi connectivity index (χ1n) is 5.89. The lowest BCUT2D eigenvalue weighted by Crippen LogP contribution is -2.20. The summed E-state index contributed by atoms with van der Waals surface area (Å²) < 4.78 is 4.45. The van der Waals surface area contributed by atoms with E-state index in [4.69, 9.17) is 0 Å². The van der Waals surface area contributed by atoms with Gasteiger partial charge in [-0.1, -0.05) is 6.42 Å². The van der Waals surface area contributed by atoms with Crippen LogP contribution in [0.3, 0.4) is 0 Å². The molecule has 17 heavy (non-hydrogen) atoms. The number of esters is 1. The molecule has 1 amide bonds. The Morgan fingerprint density at radius 3 is 2.29 bits per heavy atom. The van der Waals surface area contributed by atoms with Crippen LogP contribution in [0.25, 0.3) is 0 Å². The van der Waals surface area contributed by atoms with Gasteiger partial charge in [0, 0.05) is 26.3 Å². The summed E-state index contributed by atoms with van der Waals surface area (Å²) in [5, 5.41) is 2.70. The third-order valence-electron chi connectivity index (χ3n) is 2.34. The first-order chi connectivity index (χ1) is 8.06. The minimum Gasteiger partial charge on any atom is -0.469 e. The number of nitrogens with one attached hydrogen (secondary N) is 1. The number of amides is 1. The van der Waals surface area contributed by atoms with Crippen LogP contribution in [-0.2, 0) is 19.1 Å². The van der Waals surface area contributed by atoms with Gasteiger partial charge in [0.2, 0.25) is 5.91 Å². The highest BCUT2D eigenvalue weighted by Gasteiger charge is 2.06. The summed E-state index contributed by atoms with van der Waals surface area (Å²) >= 11 is 0. The molecule has 5 heteroatoms. The second-order valence-electron chi connectivity index (χ2n) is 3.91. The molecule has 5 nitrogen and oxygen atoms in total. The molecule has 0 heterocycles. The Balaban J connectivity index is 3.33. The van der Waals surface area contributed by atoms with Crippen LogP contribution in [0, 0.1) is 0 Å². The van der Waals surface area contributed by atoms with Crippen LogP contribution in [0.15, 0.2) is 0 Å². The van der Waals surface area contributed by atoms with E-state index in [-0.39, 0.29) is 30.5 Å². The minimum atomic E-state index is -0.344. The van der Waals surface area contributed by atoms with Crippen LogP contribution < -0.4 is 5.32 Å². The number of carbonyl (C=O) groups is 3. The zero-order valence-corrected chi connectivity index (χ0v) is 10.6. The van der Waals surface area contributed by atoms with Crippen LogP contribution >= 0.6 is 0 Å². The maximum Gasteiger partial charge on any atom is 0.305 e. The van der Waals surface area contributed by atoms with E-state index in [0.717, 1.165) is 19.3 Å². The molecule has 0 aliphatic heterocycles. The zero-order chi connectivity index (χ0) is 13.1. The average Bonchev–Trinajstić information content (AvgIpc) is 2.30. The van der Waals surface area contributed by atoms with Gasteiger partial charge in [-0.05, 0) is 12.8 Å². The molecule has 0 aliphatic carbocycles. The summed E-state index contributed by atoms with van der Waals surface area (Å²) in [6, 6.07) is 0. The van der Waals surface area contributed by atoms with Crippen LogP contribution in [0.5, 0.6) is 0 Å². The largest absolute Gasteiger partial charge is 0.469 e. The molecule has 0 fully saturated rings. The van der Waals surface area contributed by atoms with E-state index in [1.807, 2.05) is 0 Å². The molecular formula is C12H21NO4. The van der Waals surface area contributed by atoms with Crippen LogP contribution in [0.2, 0.25) is 0 Å². The molecule has 0 aromatic rings. The maximum absolute atomic E-state index is 11.3. The molecule has 0 aromatic carbocycles. The van der Waals surface area contributed by atoms with Gasteiger partial charge in [0.25, 0.3) is 0 Å². The van der Waals surface area contributed by atoms with Gasteiger partial charge in [0.15, 0.2) is 0 Å². The Labute approximate surface area is 102 Å². The van der Waals surface area contributed by atoms with E-state index in [1.54, 1.807) is 0 Å². The van der Waals surface area contributed by atoms with Crippen molar-refractivity contribution in [3.8, 4) is 0 Å². The summed E-state index contributed by atoms with van der Waals surface area (Å²) in [6.45, 7) is 2.14. The first-order valence-corrected chi connectivity index (χ1v) is 5.89. The van der Waals surface area contributed by atoms with Gasteiger partial charge < -0.3 is 10.1 Å². The Hall–Kier alpha value is -1.39. The predicted octanol–water partition coefficient (Wildman–Crippen LogP) is 1.21. The monoisotopic (exact) mass is 243 g/mol. The second-order valence-corrected chi connectivity index (χ2v) is 3.91. The molecule has 0 bridgehead atoms. The third-order valence-corrected chi connectivity index (χ3v) is 2.34. The number of methoxy groups -OCH3 is 1. The van der Waals surface area contributed by atoms with E-state index < -0.39 is 0 Å². The second kappa shape index (κ2) is 9.81. The Kier molecular flexibility index (Phi) is 9.01. The van der Waals surface area contributed by atoms with E-state index in [0.29, 0.717) is 13.0 Å². The Bertz CT molecular complexity index is 263. The molecule has 0 unspecified atom stereocenters. The molecule has 0 saturated carbocycles. The van der Waals surface area contributed by atoms with Crippen molar-refractivity contribution in [2.75, 3.05) is 13.7 Å². The quantitative estimate of drug-likeness (QED) is 0.488. The molecule has 0 radical (unpaired) electrons. The van der Waals surface area contributed by atoms with Crippen LogP contribution in [-0.4, -0.2) is 31.3 Å². The molecule has 0 atom stereocenters. The molecule has 1 N–H and O–H groups in total. The Morgan fingerprint density at radius 2 is 1.71 bits per heavy atom. The highest BCUT2D eigenvalue weighted by molar-refractivity contribution is 5.82. The van der Waals surface area contributed by atoms with Gasteiger partial charge in [-0.2, -0.15) is 0 Å². The predicted molar refractivity (Wildman–Crippen MR) is 63.4 cm³/mol. The van der Waals surface area contributed by atoms with Crippen molar-refractivity contribution in [3.05, 3.63) is 0 Å². The number of ether oxygens (including phenoxy) is 1. The van der Waals surface area contributed by atoms with Gasteiger partial charge in [-0.25, -0.2) is 0 Å². The van der Waals surface area contributed by atoms with Crippen molar-refractivity contribution in [3.63, 3.8) is 0 Å². The van der Waals surface area contributed by atoms with E-state index in [9.17, 15) is 14.4 Å².